The molecule has 1 nitrogen and oxygen atoms in total. The van der Waals surface area contributed by atoms with E-state index in [2.05, 4.69) is 17.2 Å². The lowest BCUT2D eigenvalue weighted by Gasteiger charge is -2.04. The highest BCUT2D eigenvalue weighted by Crippen LogP contribution is 2.22. The first-order valence-electron chi connectivity index (χ1n) is 4.78. The second kappa shape index (κ2) is 6.74. The molecule has 1 aromatic carbocycles. The van der Waals surface area contributed by atoms with Gasteiger partial charge in [0, 0.05) is 19.5 Å². The molecule has 1 aromatic rings. The molecule has 0 aromatic heterocycles. The molecule has 1 rings (SSSR count). The molecule has 0 unspecified atom stereocenters. The number of hydrogen-bond donors (Lipinski definition) is 1. The molecule has 0 aliphatic heterocycles. The molecule has 0 spiro atoms. The van der Waals surface area contributed by atoms with Crippen LogP contribution in [0, 0.1) is 11.8 Å². The Labute approximate surface area is 101 Å². The van der Waals surface area contributed by atoms with Gasteiger partial charge >= 0.3 is 0 Å². The fourth-order valence-corrected chi connectivity index (χ4v) is 1.48. The van der Waals surface area contributed by atoms with E-state index in [0.717, 1.165) is 25.1 Å². The van der Waals surface area contributed by atoms with Gasteiger partial charge in [-0.1, -0.05) is 29.3 Å². The molecule has 80 valence electrons. The van der Waals surface area contributed by atoms with E-state index in [1.807, 2.05) is 25.1 Å². The number of rotatable bonds is 4. The van der Waals surface area contributed by atoms with Gasteiger partial charge in [0.2, 0.25) is 0 Å². The molecule has 0 atom stereocenters. The van der Waals surface area contributed by atoms with Crippen molar-refractivity contribution in [1.82, 2.24) is 5.32 Å². The predicted molar refractivity (Wildman–Crippen MR) is 66.2 cm³/mol. The van der Waals surface area contributed by atoms with Crippen LogP contribution in [0.2, 0.25) is 10.0 Å². The van der Waals surface area contributed by atoms with E-state index in [1.54, 1.807) is 0 Å². The molecule has 0 aliphatic rings. The SMILES string of the molecule is CC#CCCNCc1ccc(Cl)c(Cl)c1. The van der Waals surface area contributed by atoms with Crippen molar-refractivity contribution in [2.45, 2.75) is 19.9 Å². The zero-order valence-electron chi connectivity index (χ0n) is 8.61. The van der Waals surface area contributed by atoms with Crippen LogP contribution in [0.3, 0.4) is 0 Å². The first-order valence-corrected chi connectivity index (χ1v) is 5.54. The molecular weight excluding hydrogens is 229 g/mol. The van der Waals surface area contributed by atoms with Gasteiger partial charge in [-0.25, -0.2) is 0 Å². The zero-order chi connectivity index (χ0) is 11.1. The quantitative estimate of drug-likeness (QED) is 0.629. The standard InChI is InChI=1S/C12H13Cl2N/c1-2-3-4-7-15-9-10-5-6-11(13)12(14)8-10/h5-6,8,15H,4,7,9H2,1H3. The summed E-state index contributed by atoms with van der Waals surface area (Å²) in [5, 5.41) is 4.47. The summed E-state index contributed by atoms with van der Waals surface area (Å²) >= 11 is 11.7. The Balaban J connectivity index is 2.36. The van der Waals surface area contributed by atoms with E-state index < -0.39 is 0 Å². The van der Waals surface area contributed by atoms with Crippen LogP contribution in [-0.2, 0) is 6.54 Å². The van der Waals surface area contributed by atoms with Crippen LogP contribution >= 0.6 is 23.2 Å². The number of hydrogen-bond acceptors (Lipinski definition) is 1. The summed E-state index contributed by atoms with van der Waals surface area (Å²) < 4.78 is 0. The summed E-state index contributed by atoms with van der Waals surface area (Å²) in [5.41, 5.74) is 1.13. The summed E-state index contributed by atoms with van der Waals surface area (Å²) in [5.74, 6) is 5.85. The third-order valence-corrected chi connectivity index (χ3v) is 2.66. The Morgan fingerprint density at radius 2 is 2.07 bits per heavy atom. The van der Waals surface area contributed by atoms with Gasteiger partial charge in [-0.2, -0.15) is 0 Å². The van der Waals surface area contributed by atoms with Crippen molar-refractivity contribution in [3.8, 4) is 11.8 Å². The van der Waals surface area contributed by atoms with Gasteiger partial charge in [-0.15, -0.1) is 11.8 Å². The van der Waals surface area contributed by atoms with Crippen molar-refractivity contribution < 1.29 is 0 Å². The molecule has 0 amide bonds. The highest BCUT2D eigenvalue weighted by atomic mass is 35.5. The molecule has 0 aliphatic carbocycles. The average molecular weight is 242 g/mol. The van der Waals surface area contributed by atoms with Crippen molar-refractivity contribution in [2.75, 3.05) is 6.54 Å². The summed E-state index contributed by atoms with van der Waals surface area (Å²) in [4.78, 5) is 0. The first kappa shape index (κ1) is 12.4. The monoisotopic (exact) mass is 241 g/mol. The maximum Gasteiger partial charge on any atom is 0.0595 e. The molecule has 0 heterocycles. The fraction of sp³-hybridized carbons (Fsp3) is 0.333. The van der Waals surface area contributed by atoms with Gasteiger partial charge < -0.3 is 5.32 Å². The number of halogens is 2. The summed E-state index contributed by atoms with van der Waals surface area (Å²) in [6, 6.07) is 5.65. The van der Waals surface area contributed by atoms with E-state index in [4.69, 9.17) is 23.2 Å². The van der Waals surface area contributed by atoms with Gasteiger partial charge in [0.05, 0.1) is 10.0 Å². The minimum absolute atomic E-state index is 0.595. The van der Waals surface area contributed by atoms with Crippen molar-refractivity contribution in [3.63, 3.8) is 0 Å². The minimum Gasteiger partial charge on any atom is -0.312 e. The highest BCUT2D eigenvalue weighted by molar-refractivity contribution is 6.42. The van der Waals surface area contributed by atoms with Crippen molar-refractivity contribution in [2.24, 2.45) is 0 Å². The summed E-state index contributed by atoms with van der Waals surface area (Å²) in [6.45, 7) is 3.53. The molecule has 0 radical (unpaired) electrons. The van der Waals surface area contributed by atoms with Crippen LogP contribution < -0.4 is 5.32 Å². The van der Waals surface area contributed by atoms with Gasteiger partial charge in [0.1, 0.15) is 0 Å². The minimum atomic E-state index is 0.595. The van der Waals surface area contributed by atoms with Crippen LogP contribution in [0.25, 0.3) is 0 Å². The smallest absolute Gasteiger partial charge is 0.0595 e. The maximum atomic E-state index is 5.89. The van der Waals surface area contributed by atoms with E-state index in [0.29, 0.717) is 10.0 Å². The lowest BCUT2D eigenvalue weighted by Crippen LogP contribution is -2.14. The van der Waals surface area contributed by atoms with Gasteiger partial charge in [0.15, 0.2) is 0 Å². The second-order valence-electron chi connectivity index (χ2n) is 3.10. The molecule has 0 bridgehead atoms. The maximum absolute atomic E-state index is 5.89. The van der Waals surface area contributed by atoms with Gasteiger partial charge in [0.25, 0.3) is 0 Å². The van der Waals surface area contributed by atoms with Crippen LogP contribution in [0.1, 0.15) is 18.9 Å². The van der Waals surface area contributed by atoms with Crippen molar-refractivity contribution in [3.05, 3.63) is 33.8 Å². The van der Waals surface area contributed by atoms with Gasteiger partial charge in [-0.3, -0.25) is 0 Å². The lowest BCUT2D eigenvalue weighted by atomic mass is 10.2. The zero-order valence-corrected chi connectivity index (χ0v) is 10.1. The summed E-state index contributed by atoms with van der Waals surface area (Å²) in [7, 11) is 0. The third-order valence-electron chi connectivity index (χ3n) is 1.92. The molecule has 0 saturated carbocycles. The molecule has 0 fully saturated rings. The fourth-order valence-electron chi connectivity index (χ4n) is 1.16. The molecule has 15 heavy (non-hydrogen) atoms. The molecular formula is C12H13Cl2N. The van der Waals surface area contributed by atoms with Crippen LogP contribution in [0.15, 0.2) is 18.2 Å². The van der Waals surface area contributed by atoms with Crippen molar-refractivity contribution in [1.29, 1.82) is 0 Å². The van der Waals surface area contributed by atoms with Crippen molar-refractivity contribution >= 4 is 23.2 Å². The van der Waals surface area contributed by atoms with Crippen LogP contribution in [-0.4, -0.2) is 6.54 Å². The van der Waals surface area contributed by atoms with E-state index in [9.17, 15) is 0 Å². The number of nitrogens with one attached hydrogen (secondary N) is 1. The topological polar surface area (TPSA) is 12.0 Å². The summed E-state index contributed by atoms with van der Waals surface area (Å²) in [6.07, 6.45) is 0.873. The Bertz CT molecular complexity index is 377. The third kappa shape index (κ3) is 4.57. The second-order valence-corrected chi connectivity index (χ2v) is 3.92. The first-order chi connectivity index (χ1) is 7.24. The Kier molecular flexibility index (Phi) is 5.57. The van der Waals surface area contributed by atoms with E-state index in [-0.39, 0.29) is 0 Å². The Morgan fingerprint density at radius 3 is 2.73 bits per heavy atom. The van der Waals surface area contributed by atoms with Gasteiger partial charge in [-0.05, 0) is 24.6 Å². The van der Waals surface area contributed by atoms with Crippen LogP contribution in [0.5, 0.6) is 0 Å². The van der Waals surface area contributed by atoms with E-state index in [1.165, 1.54) is 0 Å². The normalized spacial score (nSPS) is 9.53. The molecule has 3 heteroatoms. The predicted octanol–water partition coefficient (Wildman–Crippen LogP) is 3.50. The van der Waals surface area contributed by atoms with Crippen LogP contribution in [0.4, 0.5) is 0 Å². The highest BCUT2D eigenvalue weighted by Gasteiger charge is 1.98. The number of benzene rings is 1. The molecule has 1 N–H and O–H groups in total. The Hall–Kier alpha value is -0.680. The Morgan fingerprint density at radius 1 is 1.27 bits per heavy atom. The largest absolute Gasteiger partial charge is 0.312 e. The average Bonchev–Trinajstić information content (AvgIpc) is 2.23. The van der Waals surface area contributed by atoms with E-state index >= 15 is 0 Å². The lowest BCUT2D eigenvalue weighted by molar-refractivity contribution is 0.701. The molecule has 0 saturated heterocycles.